The van der Waals surface area contributed by atoms with Gasteiger partial charge in [-0.25, -0.2) is 0 Å². The minimum absolute atomic E-state index is 0.0732. The molecule has 1 N–H and O–H groups in total. The summed E-state index contributed by atoms with van der Waals surface area (Å²) in [6.45, 7) is 9.46. The molecule has 0 spiro atoms. The molecule has 1 heteroatoms. The molecule has 0 heterocycles. The molecule has 2 saturated carbocycles. The Hall–Kier alpha value is -0.0400. The first-order valence-electron chi connectivity index (χ1n) is 10.1. The second-order valence-electron chi connectivity index (χ2n) is 9.15. The van der Waals surface area contributed by atoms with Gasteiger partial charge in [0.15, 0.2) is 0 Å². The minimum Gasteiger partial charge on any atom is -0.393 e. The van der Waals surface area contributed by atoms with Crippen LogP contribution in [-0.2, 0) is 0 Å². The van der Waals surface area contributed by atoms with E-state index in [2.05, 4.69) is 27.7 Å². The van der Waals surface area contributed by atoms with E-state index in [1.807, 2.05) is 0 Å². The van der Waals surface area contributed by atoms with Gasteiger partial charge in [-0.1, -0.05) is 66.2 Å². The van der Waals surface area contributed by atoms with Crippen LogP contribution in [0.5, 0.6) is 0 Å². The molecular weight excluding hydrogens is 268 g/mol. The Morgan fingerprint density at radius 2 is 1.32 bits per heavy atom. The predicted octanol–water partition coefficient (Wildman–Crippen LogP) is 6.05. The van der Waals surface area contributed by atoms with Crippen molar-refractivity contribution in [3.8, 4) is 0 Å². The number of hydrogen-bond acceptors (Lipinski definition) is 1. The summed E-state index contributed by atoms with van der Waals surface area (Å²) in [6.07, 6.45) is 13.4. The summed E-state index contributed by atoms with van der Waals surface area (Å²) < 4.78 is 0. The molecule has 2 rings (SSSR count). The Labute approximate surface area is 139 Å². The predicted molar refractivity (Wildman–Crippen MR) is 95.8 cm³/mol. The maximum Gasteiger partial charge on any atom is 0.0570 e. The summed E-state index contributed by atoms with van der Waals surface area (Å²) in [5.74, 6) is 4.76. The van der Waals surface area contributed by atoms with E-state index in [-0.39, 0.29) is 6.10 Å². The molecule has 2 aliphatic rings. The van der Waals surface area contributed by atoms with Crippen molar-refractivity contribution < 1.29 is 5.11 Å². The maximum atomic E-state index is 10.7. The monoisotopic (exact) mass is 308 g/mol. The maximum absolute atomic E-state index is 10.7. The molecule has 0 aromatic heterocycles. The van der Waals surface area contributed by atoms with Crippen molar-refractivity contribution in [3.63, 3.8) is 0 Å². The number of hydrogen-bond donors (Lipinski definition) is 1. The van der Waals surface area contributed by atoms with Crippen LogP contribution in [0.3, 0.4) is 0 Å². The van der Waals surface area contributed by atoms with Crippen LogP contribution in [-0.4, -0.2) is 11.2 Å². The summed E-state index contributed by atoms with van der Waals surface area (Å²) in [5.41, 5.74) is 0. The summed E-state index contributed by atoms with van der Waals surface area (Å²) in [6, 6.07) is 0. The van der Waals surface area contributed by atoms with E-state index < -0.39 is 0 Å². The number of rotatable bonds is 6. The Balaban J connectivity index is 1.69. The lowest BCUT2D eigenvalue weighted by atomic mass is 9.73. The molecule has 0 aliphatic heterocycles. The van der Waals surface area contributed by atoms with Gasteiger partial charge in [0, 0.05) is 0 Å². The van der Waals surface area contributed by atoms with E-state index in [1.54, 1.807) is 0 Å². The first kappa shape index (κ1) is 18.3. The van der Waals surface area contributed by atoms with Gasteiger partial charge >= 0.3 is 0 Å². The number of aliphatic hydroxyl groups is 1. The Morgan fingerprint density at radius 3 is 1.86 bits per heavy atom. The standard InChI is InChI=1S/C21H40O/c1-15-5-9-19(10-6-15)13-17(3)14-21(22)18(4)20-11-7-16(2)8-12-20/h15-22H,5-14H2,1-4H3. The van der Waals surface area contributed by atoms with Gasteiger partial charge in [-0.3, -0.25) is 0 Å². The molecule has 0 radical (unpaired) electrons. The minimum atomic E-state index is -0.0732. The van der Waals surface area contributed by atoms with E-state index in [9.17, 15) is 5.11 Å². The van der Waals surface area contributed by atoms with Crippen LogP contribution in [0.25, 0.3) is 0 Å². The molecular formula is C21H40O. The fourth-order valence-corrected chi connectivity index (χ4v) is 4.98. The number of aliphatic hydroxyl groups excluding tert-OH is 1. The molecule has 22 heavy (non-hydrogen) atoms. The molecule has 1 nitrogen and oxygen atoms in total. The highest BCUT2D eigenvalue weighted by Crippen LogP contribution is 2.37. The summed E-state index contributed by atoms with van der Waals surface area (Å²) >= 11 is 0. The average Bonchev–Trinajstić information content (AvgIpc) is 2.49. The van der Waals surface area contributed by atoms with Gasteiger partial charge < -0.3 is 5.11 Å². The molecule has 130 valence electrons. The topological polar surface area (TPSA) is 20.2 Å². The van der Waals surface area contributed by atoms with Crippen molar-refractivity contribution in [2.75, 3.05) is 0 Å². The van der Waals surface area contributed by atoms with Gasteiger partial charge in [-0.15, -0.1) is 0 Å². The SMILES string of the molecule is CC1CCC(CC(C)CC(O)C(C)C2CCC(C)CC2)CC1. The lowest BCUT2D eigenvalue weighted by Gasteiger charge is -2.35. The van der Waals surface area contributed by atoms with Crippen molar-refractivity contribution in [2.45, 2.75) is 98.0 Å². The van der Waals surface area contributed by atoms with Crippen molar-refractivity contribution in [1.82, 2.24) is 0 Å². The molecule has 0 amide bonds. The van der Waals surface area contributed by atoms with Crippen LogP contribution < -0.4 is 0 Å². The molecule has 3 unspecified atom stereocenters. The summed E-state index contributed by atoms with van der Waals surface area (Å²) in [5, 5.41) is 10.7. The fraction of sp³-hybridized carbons (Fsp3) is 1.00. The quantitative estimate of drug-likeness (QED) is 0.633. The van der Waals surface area contributed by atoms with Gasteiger partial charge in [-0.2, -0.15) is 0 Å². The smallest absolute Gasteiger partial charge is 0.0570 e. The highest BCUT2D eigenvalue weighted by molar-refractivity contribution is 4.80. The average molecular weight is 309 g/mol. The summed E-state index contributed by atoms with van der Waals surface area (Å²) in [4.78, 5) is 0. The van der Waals surface area contributed by atoms with Gasteiger partial charge in [0.1, 0.15) is 0 Å². The van der Waals surface area contributed by atoms with Crippen LogP contribution in [0.2, 0.25) is 0 Å². The van der Waals surface area contributed by atoms with Gasteiger partial charge in [-0.05, 0) is 61.2 Å². The highest BCUT2D eigenvalue weighted by atomic mass is 16.3. The molecule has 0 aromatic carbocycles. The van der Waals surface area contributed by atoms with Crippen molar-refractivity contribution in [1.29, 1.82) is 0 Å². The second kappa shape index (κ2) is 8.71. The Bertz CT molecular complexity index is 297. The van der Waals surface area contributed by atoms with Crippen LogP contribution in [0.15, 0.2) is 0 Å². The van der Waals surface area contributed by atoms with Gasteiger partial charge in [0.05, 0.1) is 6.10 Å². The zero-order chi connectivity index (χ0) is 16.1. The first-order valence-corrected chi connectivity index (χ1v) is 10.1. The van der Waals surface area contributed by atoms with Crippen molar-refractivity contribution in [3.05, 3.63) is 0 Å². The molecule has 0 saturated heterocycles. The molecule has 3 atom stereocenters. The Kier molecular flexibility index (Phi) is 7.25. The zero-order valence-electron chi connectivity index (χ0n) is 15.6. The van der Waals surface area contributed by atoms with E-state index in [0.717, 1.165) is 30.1 Å². The van der Waals surface area contributed by atoms with Gasteiger partial charge in [0.2, 0.25) is 0 Å². The van der Waals surface area contributed by atoms with Crippen LogP contribution in [0, 0.1) is 35.5 Å². The van der Waals surface area contributed by atoms with Crippen molar-refractivity contribution >= 4 is 0 Å². The Morgan fingerprint density at radius 1 is 0.818 bits per heavy atom. The zero-order valence-corrected chi connectivity index (χ0v) is 15.6. The van der Waals surface area contributed by atoms with Crippen LogP contribution in [0.1, 0.15) is 91.9 Å². The second-order valence-corrected chi connectivity index (χ2v) is 9.15. The van der Waals surface area contributed by atoms with E-state index in [1.165, 1.54) is 57.8 Å². The third kappa shape index (κ3) is 5.55. The van der Waals surface area contributed by atoms with E-state index in [4.69, 9.17) is 0 Å². The molecule has 2 fully saturated rings. The van der Waals surface area contributed by atoms with Crippen LogP contribution >= 0.6 is 0 Å². The molecule has 0 aromatic rings. The van der Waals surface area contributed by atoms with Crippen molar-refractivity contribution in [2.24, 2.45) is 35.5 Å². The third-order valence-corrected chi connectivity index (χ3v) is 6.93. The highest BCUT2D eigenvalue weighted by Gasteiger charge is 2.29. The fourth-order valence-electron chi connectivity index (χ4n) is 4.98. The molecule has 2 aliphatic carbocycles. The normalized spacial score (nSPS) is 37.5. The van der Waals surface area contributed by atoms with Crippen LogP contribution in [0.4, 0.5) is 0 Å². The largest absolute Gasteiger partial charge is 0.393 e. The van der Waals surface area contributed by atoms with Gasteiger partial charge in [0.25, 0.3) is 0 Å². The van der Waals surface area contributed by atoms with E-state index in [0.29, 0.717) is 11.8 Å². The first-order chi connectivity index (χ1) is 10.5. The third-order valence-electron chi connectivity index (χ3n) is 6.93. The molecule has 0 bridgehead atoms. The summed E-state index contributed by atoms with van der Waals surface area (Å²) in [7, 11) is 0. The van der Waals surface area contributed by atoms with E-state index >= 15 is 0 Å². The lowest BCUT2D eigenvalue weighted by molar-refractivity contribution is 0.0425. The lowest BCUT2D eigenvalue weighted by Crippen LogP contribution is -2.30.